The number of carbonyl (C=O) groups excluding carboxylic acids is 4. The fourth-order valence-electron chi connectivity index (χ4n) is 1.18. The molecule has 0 saturated heterocycles. The van der Waals surface area contributed by atoms with Gasteiger partial charge in [0.1, 0.15) is 18.1 Å². The highest BCUT2D eigenvalue weighted by Crippen LogP contribution is 1.89. The predicted molar refractivity (Wildman–Crippen MR) is 67.7 cm³/mol. The highest BCUT2D eigenvalue weighted by atomic mass is 16.2. The average molecular weight is 272 g/mol. The lowest BCUT2D eigenvalue weighted by molar-refractivity contribution is -0.132. The topological polar surface area (TPSA) is 130 Å². The summed E-state index contributed by atoms with van der Waals surface area (Å²) in [5, 5.41) is 7.15. The summed E-state index contributed by atoms with van der Waals surface area (Å²) >= 11 is 0. The molecule has 0 bridgehead atoms. The minimum Gasteiger partial charge on any atom is -0.368 e. The second-order valence-corrected chi connectivity index (χ2v) is 4.29. The summed E-state index contributed by atoms with van der Waals surface area (Å²) in [5.74, 6) is -2.04. The maximum Gasteiger partial charge on any atom is 0.242 e. The molecule has 0 unspecified atom stereocenters. The van der Waals surface area contributed by atoms with E-state index in [-0.39, 0.29) is 5.91 Å². The summed E-state index contributed by atoms with van der Waals surface area (Å²) in [4.78, 5) is 44.8. The number of hydrogen-bond donors (Lipinski definition) is 4. The maximum atomic E-state index is 11.6. The van der Waals surface area contributed by atoms with Crippen LogP contribution in [-0.2, 0) is 19.2 Å². The van der Waals surface area contributed by atoms with Crippen LogP contribution >= 0.6 is 0 Å². The van der Waals surface area contributed by atoms with E-state index in [0.717, 1.165) is 0 Å². The fraction of sp³-hybridized carbons (Fsp3) is 0.636. The Morgan fingerprint density at radius 3 is 1.53 bits per heavy atom. The first-order valence-electron chi connectivity index (χ1n) is 5.82. The molecule has 19 heavy (non-hydrogen) atoms. The number of nitrogens with one attached hydrogen (secondary N) is 3. The summed E-state index contributed by atoms with van der Waals surface area (Å²) in [5.41, 5.74) is 5.00. The number of amides is 4. The van der Waals surface area contributed by atoms with Crippen LogP contribution in [0.1, 0.15) is 27.7 Å². The van der Waals surface area contributed by atoms with Crippen molar-refractivity contribution in [3.05, 3.63) is 0 Å². The molecule has 0 aromatic carbocycles. The molecule has 0 rings (SSSR count). The van der Waals surface area contributed by atoms with Gasteiger partial charge in [0.05, 0.1) is 0 Å². The molecular formula is C11H20N4O4. The summed E-state index contributed by atoms with van der Waals surface area (Å²) in [6.07, 6.45) is 0. The zero-order chi connectivity index (χ0) is 15.2. The van der Waals surface area contributed by atoms with Gasteiger partial charge in [0, 0.05) is 6.92 Å². The molecule has 0 heterocycles. The van der Waals surface area contributed by atoms with E-state index < -0.39 is 35.8 Å². The van der Waals surface area contributed by atoms with Crippen LogP contribution in [0, 0.1) is 0 Å². The molecule has 0 aromatic heterocycles. The first-order chi connectivity index (χ1) is 8.65. The van der Waals surface area contributed by atoms with Crippen LogP contribution in [0.2, 0.25) is 0 Å². The van der Waals surface area contributed by atoms with Crippen molar-refractivity contribution in [2.75, 3.05) is 0 Å². The molecule has 3 atom stereocenters. The van der Waals surface area contributed by atoms with Gasteiger partial charge in [0.25, 0.3) is 0 Å². The van der Waals surface area contributed by atoms with Gasteiger partial charge in [-0.05, 0) is 20.8 Å². The van der Waals surface area contributed by atoms with Crippen LogP contribution in [0.25, 0.3) is 0 Å². The van der Waals surface area contributed by atoms with Crippen LogP contribution in [0.4, 0.5) is 0 Å². The molecule has 0 aliphatic carbocycles. The number of primary amides is 1. The van der Waals surface area contributed by atoms with Crippen molar-refractivity contribution in [1.29, 1.82) is 0 Å². The Morgan fingerprint density at radius 1 is 0.789 bits per heavy atom. The number of carbonyl (C=O) groups is 4. The Labute approximate surface area is 111 Å². The average Bonchev–Trinajstić information content (AvgIpc) is 2.27. The van der Waals surface area contributed by atoms with Gasteiger partial charge >= 0.3 is 0 Å². The van der Waals surface area contributed by atoms with Gasteiger partial charge in [-0.1, -0.05) is 0 Å². The Bertz CT molecular complexity index is 383. The summed E-state index contributed by atoms with van der Waals surface area (Å²) < 4.78 is 0. The molecule has 5 N–H and O–H groups in total. The van der Waals surface area contributed by atoms with Gasteiger partial charge in [0.2, 0.25) is 23.6 Å². The third-order valence-electron chi connectivity index (χ3n) is 2.35. The van der Waals surface area contributed by atoms with Crippen molar-refractivity contribution >= 4 is 23.6 Å². The van der Waals surface area contributed by atoms with E-state index in [4.69, 9.17) is 5.73 Å². The van der Waals surface area contributed by atoms with Gasteiger partial charge in [0.15, 0.2) is 0 Å². The molecule has 0 aliphatic rings. The van der Waals surface area contributed by atoms with Crippen molar-refractivity contribution < 1.29 is 19.2 Å². The van der Waals surface area contributed by atoms with Gasteiger partial charge in [-0.25, -0.2) is 0 Å². The number of nitrogens with two attached hydrogens (primary N) is 1. The smallest absolute Gasteiger partial charge is 0.242 e. The van der Waals surface area contributed by atoms with Crippen LogP contribution in [0.3, 0.4) is 0 Å². The standard InChI is InChI=1S/C11H20N4O4/c1-5(9(12)17)14-11(19)7(3)15-10(18)6(2)13-8(4)16/h5-7H,1-4H3,(H2,12,17)(H,13,16)(H,14,19)(H,15,18)/t5-,6-,7-/m0/s1. The van der Waals surface area contributed by atoms with E-state index in [1.165, 1.54) is 27.7 Å². The van der Waals surface area contributed by atoms with Gasteiger partial charge in [-0.2, -0.15) is 0 Å². The summed E-state index contributed by atoms with van der Waals surface area (Å²) in [6.45, 7) is 5.68. The van der Waals surface area contributed by atoms with E-state index in [0.29, 0.717) is 0 Å². The van der Waals surface area contributed by atoms with E-state index >= 15 is 0 Å². The maximum absolute atomic E-state index is 11.6. The van der Waals surface area contributed by atoms with Crippen LogP contribution in [0.15, 0.2) is 0 Å². The molecule has 0 spiro atoms. The number of hydrogen-bond acceptors (Lipinski definition) is 4. The second-order valence-electron chi connectivity index (χ2n) is 4.29. The largest absolute Gasteiger partial charge is 0.368 e. The lowest BCUT2D eigenvalue weighted by Gasteiger charge is -2.19. The normalized spacial score (nSPS) is 14.7. The fourth-order valence-corrected chi connectivity index (χ4v) is 1.18. The second kappa shape index (κ2) is 7.34. The molecule has 108 valence electrons. The molecule has 0 radical (unpaired) electrons. The Kier molecular flexibility index (Phi) is 6.53. The van der Waals surface area contributed by atoms with Crippen molar-refractivity contribution in [2.24, 2.45) is 5.73 Å². The highest BCUT2D eigenvalue weighted by molar-refractivity contribution is 5.93. The zero-order valence-electron chi connectivity index (χ0n) is 11.4. The monoisotopic (exact) mass is 272 g/mol. The quantitative estimate of drug-likeness (QED) is 0.445. The Hall–Kier alpha value is -2.12. The zero-order valence-corrected chi connectivity index (χ0v) is 11.4. The summed E-state index contributed by atoms with van der Waals surface area (Å²) in [6, 6.07) is -2.41. The van der Waals surface area contributed by atoms with Gasteiger partial charge in [-0.3, -0.25) is 19.2 Å². The third kappa shape index (κ3) is 6.39. The first kappa shape index (κ1) is 16.9. The van der Waals surface area contributed by atoms with E-state index in [9.17, 15) is 19.2 Å². The Balaban J connectivity index is 4.32. The molecule has 0 saturated carbocycles. The first-order valence-corrected chi connectivity index (χ1v) is 5.82. The third-order valence-corrected chi connectivity index (χ3v) is 2.35. The molecule has 4 amide bonds. The lowest BCUT2D eigenvalue weighted by atomic mass is 10.2. The van der Waals surface area contributed by atoms with E-state index in [1.807, 2.05) is 0 Å². The molecule has 0 fully saturated rings. The van der Waals surface area contributed by atoms with Crippen LogP contribution in [0.5, 0.6) is 0 Å². The molecule has 0 aliphatic heterocycles. The summed E-state index contributed by atoms with van der Waals surface area (Å²) in [7, 11) is 0. The SMILES string of the molecule is CC(=O)N[C@@H](C)C(=O)N[C@@H](C)C(=O)N[C@@H](C)C(N)=O. The minimum atomic E-state index is -0.842. The van der Waals surface area contributed by atoms with E-state index in [2.05, 4.69) is 16.0 Å². The molecule has 8 nitrogen and oxygen atoms in total. The van der Waals surface area contributed by atoms with Crippen LogP contribution < -0.4 is 21.7 Å². The van der Waals surface area contributed by atoms with Gasteiger partial charge < -0.3 is 21.7 Å². The Morgan fingerprint density at radius 2 is 1.16 bits per heavy atom. The minimum absolute atomic E-state index is 0.345. The number of rotatable bonds is 6. The van der Waals surface area contributed by atoms with Gasteiger partial charge in [-0.15, -0.1) is 0 Å². The van der Waals surface area contributed by atoms with Crippen molar-refractivity contribution in [1.82, 2.24) is 16.0 Å². The van der Waals surface area contributed by atoms with Crippen LogP contribution in [-0.4, -0.2) is 41.8 Å². The molecule has 0 aromatic rings. The van der Waals surface area contributed by atoms with Crippen molar-refractivity contribution in [3.63, 3.8) is 0 Å². The molecule has 8 heteroatoms. The van der Waals surface area contributed by atoms with Crippen molar-refractivity contribution in [2.45, 2.75) is 45.8 Å². The molecular weight excluding hydrogens is 252 g/mol. The predicted octanol–water partition coefficient (Wildman–Crippen LogP) is -1.99. The van der Waals surface area contributed by atoms with E-state index in [1.54, 1.807) is 0 Å². The van der Waals surface area contributed by atoms with Crippen molar-refractivity contribution in [3.8, 4) is 0 Å². The highest BCUT2D eigenvalue weighted by Gasteiger charge is 2.22. The lowest BCUT2D eigenvalue weighted by Crippen LogP contribution is -2.54.